The molecule has 2 unspecified atom stereocenters. The second-order valence-electron chi connectivity index (χ2n) is 5.54. The molecule has 3 heterocycles. The van der Waals surface area contributed by atoms with Gasteiger partial charge in [0.25, 0.3) is 0 Å². The largest absolute Gasteiger partial charge is 0.381 e. The maximum absolute atomic E-state index is 5.44. The minimum absolute atomic E-state index is 0.828. The van der Waals surface area contributed by atoms with Crippen molar-refractivity contribution >= 4 is 0 Å². The third kappa shape index (κ3) is 1.93. The average molecular weight is 210 g/mol. The average Bonchev–Trinajstić information content (AvgIpc) is 2.76. The Labute approximate surface area is 92.4 Å². The fourth-order valence-corrected chi connectivity index (χ4v) is 3.61. The number of ether oxygens (including phenoxy) is 1. The Morgan fingerprint density at radius 1 is 0.933 bits per heavy atom. The summed E-state index contributed by atoms with van der Waals surface area (Å²) in [5.74, 6) is 1.91. The van der Waals surface area contributed by atoms with Crippen LogP contribution >= 0.6 is 0 Å². The van der Waals surface area contributed by atoms with Crippen LogP contribution in [0.4, 0.5) is 0 Å². The van der Waals surface area contributed by atoms with E-state index in [9.17, 15) is 0 Å². The predicted molar refractivity (Wildman–Crippen MR) is 59.9 cm³/mol. The molecule has 0 amide bonds. The van der Waals surface area contributed by atoms with E-state index in [-0.39, 0.29) is 0 Å². The number of rotatable bonds is 1. The third-order valence-corrected chi connectivity index (χ3v) is 4.40. The molecule has 3 fully saturated rings. The minimum Gasteiger partial charge on any atom is -0.381 e. The number of likely N-dealkylation sites (tertiary alicyclic amines) is 2. The summed E-state index contributed by atoms with van der Waals surface area (Å²) in [5.41, 5.74) is 0. The van der Waals surface area contributed by atoms with Crippen LogP contribution in [0.1, 0.15) is 12.8 Å². The van der Waals surface area contributed by atoms with E-state index in [2.05, 4.69) is 16.8 Å². The second kappa shape index (κ2) is 4.04. The van der Waals surface area contributed by atoms with Crippen LogP contribution in [0, 0.1) is 11.8 Å². The van der Waals surface area contributed by atoms with Crippen molar-refractivity contribution < 1.29 is 4.74 Å². The summed E-state index contributed by atoms with van der Waals surface area (Å²) < 4.78 is 5.44. The fourth-order valence-electron chi connectivity index (χ4n) is 3.61. The van der Waals surface area contributed by atoms with Gasteiger partial charge in [-0.15, -0.1) is 0 Å². The molecule has 0 aromatic rings. The first kappa shape index (κ1) is 10.1. The van der Waals surface area contributed by atoms with E-state index < -0.39 is 0 Å². The van der Waals surface area contributed by atoms with Gasteiger partial charge in [-0.25, -0.2) is 0 Å². The monoisotopic (exact) mass is 210 g/mol. The smallest absolute Gasteiger partial charge is 0.0480 e. The van der Waals surface area contributed by atoms with Crippen LogP contribution in [-0.2, 0) is 4.74 Å². The summed E-state index contributed by atoms with van der Waals surface area (Å²) in [6.45, 7) is 7.31. The van der Waals surface area contributed by atoms with Gasteiger partial charge in [-0.3, -0.25) is 4.90 Å². The molecule has 0 aromatic carbocycles. The van der Waals surface area contributed by atoms with Crippen molar-refractivity contribution in [2.45, 2.75) is 18.9 Å². The van der Waals surface area contributed by atoms with E-state index in [1.54, 1.807) is 0 Å². The first-order valence-electron chi connectivity index (χ1n) is 6.33. The Balaban J connectivity index is 1.57. The number of nitrogens with zero attached hydrogens (tertiary/aromatic N) is 2. The SMILES string of the molecule is CN1CC2CN(C3CCOCC3)CC2C1. The summed E-state index contributed by atoms with van der Waals surface area (Å²) in [7, 11) is 2.26. The summed E-state index contributed by atoms with van der Waals surface area (Å²) in [5, 5.41) is 0. The van der Waals surface area contributed by atoms with Gasteiger partial charge < -0.3 is 9.64 Å². The van der Waals surface area contributed by atoms with Crippen LogP contribution in [0.2, 0.25) is 0 Å². The summed E-state index contributed by atoms with van der Waals surface area (Å²) in [4.78, 5) is 5.24. The Hall–Kier alpha value is -0.120. The maximum Gasteiger partial charge on any atom is 0.0480 e. The predicted octanol–water partition coefficient (Wildman–Crippen LogP) is 0.659. The van der Waals surface area contributed by atoms with Crippen LogP contribution in [-0.4, -0.2) is 62.3 Å². The Morgan fingerprint density at radius 3 is 2.13 bits per heavy atom. The van der Waals surface area contributed by atoms with E-state index >= 15 is 0 Å². The molecule has 3 nitrogen and oxygen atoms in total. The van der Waals surface area contributed by atoms with Crippen LogP contribution < -0.4 is 0 Å². The van der Waals surface area contributed by atoms with E-state index in [1.165, 1.54) is 39.0 Å². The molecule has 3 heteroatoms. The molecule has 86 valence electrons. The highest BCUT2D eigenvalue weighted by Gasteiger charge is 2.40. The Bertz CT molecular complexity index is 214. The zero-order chi connectivity index (χ0) is 10.3. The molecular weight excluding hydrogens is 188 g/mol. The Kier molecular flexibility index (Phi) is 2.71. The van der Waals surface area contributed by atoms with Crippen molar-refractivity contribution in [2.24, 2.45) is 11.8 Å². The van der Waals surface area contributed by atoms with E-state index in [1.807, 2.05) is 0 Å². The fraction of sp³-hybridized carbons (Fsp3) is 1.00. The van der Waals surface area contributed by atoms with Gasteiger partial charge in [-0.05, 0) is 31.7 Å². The molecule has 2 atom stereocenters. The molecule has 0 saturated carbocycles. The third-order valence-electron chi connectivity index (χ3n) is 4.40. The van der Waals surface area contributed by atoms with E-state index in [4.69, 9.17) is 4.74 Å². The lowest BCUT2D eigenvalue weighted by Gasteiger charge is -2.32. The molecule has 0 aromatic heterocycles. The zero-order valence-corrected chi connectivity index (χ0v) is 9.69. The van der Waals surface area contributed by atoms with Crippen molar-refractivity contribution in [1.82, 2.24) is 9.80 Å². The van der Waals surface area contributed by atoms with Crippen LogP contribution in [0.25, 0.3) is 0 Å². The van der Waals surface area contributed by atoms with Crippen molar-refractivity contribution in [2.75, 3.05) is 46.4 Å². The molecule has 3 rings (SSSR count). The van der Waals surface area contributed by atoms with Gasteiger partial charge in [-0.1, -0.05) is 0 Å². The molecule has 3 aliphatic heterocycles. The van der Waals surface area contributed by atoms with Gasteiger partial charge in [-0.2, -0.15) is 0 Å². The van der Waals surface area contributed by atoms with Gasteiger partial charge in [0.05, 0.1) is 0 Å². The molecule has 3 aliphatic rings. The first-order chi connectivity index (χ1) is 7.33. The lowest BCUT2D eigenvalue weighted by molar-refractivity contribution is 0.0389. The molecule has 0 aliphatic carbocycles. The van der Waals surface area contributed by atoms with Gasteiger partial charge in [0.2, 0.25) is 0 Å². The number of hydrogen-bond acceptors (Lipinski definition) is 3. The minimum atomic E-state index is 0.828. The van der Waals surface area contributed by atoms with Gasteiger partial charge >= 0.3 is 0 Å². The first-order valence-corrected chi connectivity index (χ1v) is 6.33. The van der Waals surface area contributed by atoms with Crippen molar-refractivity contribution in [3.63, 3.8) is 0 Å². The summed E-state index contributed by atoms with van der Waals surface area (Å²) in [6, 6.07) is 0.828. The maximum atomic E-state index is 5.44. The van der Waals surface area contributed by atoms with Crippen LogP contribution in [0.3, 0.4) is 0 Å². The molecular formula is C12H22N2O. The summed E-state index contributed by atoms with van der Waals surface area (Å²) >= 11 is 0. The lowest BCUT2D eigenvalue weighted by atomic mass is 10.0. The standard InChI is InChI=1S/C12H22N2O/c1-13-6-10-8-14(9-11(10)7-13)12-2-4-15-5-3-12/h10-12H,2-9H2,1H3. The van der Waals surface area contributed by atoms with E-state index in [0.717, 1.165) is 31.1 Å². The molecule has 3 saturated heterocycles. The molecule has 15 heavy (non-hydrogen) atoms. The molecule has 0 radical (unpaired) electrons. The highest BCUT2D eigenvalue weighted by atomic mass is 16.5. The van der Waals surface area contributed by atoms with Gasteiger partial charge in [0.1, 0.15) is 0 Å². The van der Waals surface area contributed by atoms with Crippen molar-refractivity contribution in [1.29, 1.82) is 0 Å². The van der Waals surface area contributed by atoms with Gasteiger partial charge in [0, 0.05) is 45.4 Å². The highest BCUT2D eigenvalue weighted by Crippen LogP contribution is 2.32. The van der Waals surface area contributed by atoms with Crippen LogP contribution in [0.15, 0.2) is 0 Å². The topological polar surface area (TPSA) is 15.7 Å². The zero-order valence-electron chi connectivity index (χ0n) is 9.69. The second-order valence-corrected chi connectivity index (χ2v) is 5.54. The summed E-state index contributed by atoms with van der Waals surface area (Å²) in [6.07, 6.45) is 2.52. The van der Waals surface area contributed by atoms with Gasteiger partial charge in [0.15, 0.2) is 0 Å². The molecule has 0 N–H and O–H groups in total. The van der Waals surface area contributed by atoms with E-state index in [0.29, 0.717) is 0 Å². The molecule has 0 bridgehead atoms. The normalized spacial score (nSPS) is 39.8. The Morgan fingerprint density at radius 2 is 1.53 bits per heavy atom. The van der Waals surface area contributed by atoms with Crippen molar-refractivity contribution in [3.05, 3.63) is 0 Å². The number of fused-ring (bicyclic) bond motifs is 1. The lowest BCUT2D eigenvalue weighted by Crippen LogP contribution is -2.39. The highest BCUT2D eigenvalue weighted by molar-refractivity contribution is 4.94. The molecule has 0 spiro atoms. The van der Waals surface area contributed by atoms with Crippen LogP contribution in [0.5, 0.6) is 0 Å². The van der Waals surface area contributed by atoms with Crippen molar-refractivity contribution in [3.8, 4) is 0 Å². The quantitative estimate of drug-likeness (QED) is 0.632. The number of hydrogen-bond donors (Lipinski definition) is 0.